The number of aromatic nitrogens is 2. The number of aliphatic hydroxyl groups is 1. The molecule has 19 heavy (non-hydrogen) atoms. The number of nitrogens with zero attached hydrogens (tertiary/aromatic N) is 2. The highest BCUT2D eigenvalue weighted by atomic mass is 79.9. The predicted octanol–water partition coefficient (Wildman–Crippen LogP) is 3.40. The van der Waals surface area contributed by atoms with Gasteiger partial charge in [-0.25, -0.2) is 9.37 Å². The van der Waals surface area contributed by atoms with Crippen LogP contribution in [0.2, 0.25) is 0 Å². The molecule has 0 spiro atoms. The first kappa shape index (κ1) is 12.8. The lowest BCUT2D eigenvalue weighted by atomic mass is 10.1. The minimum atomic E-state index is -0.666. The van der Waals surface area contributed by atoms with Gasteiger partial charge >= 0.3 is 0 Å². The molecule has 1 aromatic carbocycles. The summed E-state index contributed by atoms with van der Waals surface area (Å²) in [7, 11) is 0. The first-order valence-corrected chi connectivity index (χ1v) is 7.09. The van der Waals surface area contributed by atoms with Gasteiger partial charge in [0.1, 0.15) is 5.82 Å². The Morgan fingerprint density at radius 3 is 3.00 bits per heavy atom. The molecule has 0 radical (unpaired) electrons. The number of benzene rings is 1. The van der Waals surface area contributed by atoms with Gasteiger partial charge in [-0.3, -0.25) is 0 Å². The summed E-state index contributed by atoms with van der Waals surface area (Å²) in [5.74, 6) is -0.305. The molecule has 1 unspecified atom stereocenters. The van der Waals surface area contributed by atoms with Crippen molar-refractivity contribution < 1.29 is 9.50 Å². The van der Waals surface area contributed by atoms with Gasteiger partial charge in [-0.15, -0.1) is 0 Å². The fourth-order valence-electron chi connectivity index (χ4n) is 2.25. The summed E-state index contributed by atoms with van der Waals surface area (Å²) in [6.45, 7) is 0. The van der Waals surface area contributed by atoms with Crippen LogP contribution in [-0.4, -0.2) is 14.7 Å². The van der Waals surface area contributed by atoms with Gasteiger partial charge in [-0.05, 0) is 40.4 Å². The van der Waals surface area contributed by atoms with Crippen LogP contribution in [0.4, 0.5) is 4.39 Å². The fourth-order valence-corrected chi connectivity index (χ4v) is 2.68. The lowest BCUT2D eigenvalue weighted by molar-refractivity contribution is 0.168. The van der Waals surface area contributed by atoms with E-state index in [4.69, 9.17) is 0 Å². The summed E-state index contributed by atoms with van der Waals surface area (Å²) in [5.41, 5.74) is 1.56. The SMILES string of the molecule is OC(Cc1cccc(F)c1Br)c1cncn1C1CC1. The second kappa shape index (κ2) is 5.06. The van der Waals surface area contributed by atoms with Crippen molar-refractivity contribution in [1.82, 2.24) is 9.55 Å². The van der Waals surface area contributed by atoms with Crippen molar-refractivity contribution in [2.75, 3.05) is 0 Å². The van der Waals surface area contributed by atoms with Crippen LogP contribution >= 0.6 is 15.9 Å². The molecule has 3 rings (SSSR count). The topological polar surface area (TPSA) is 38.1 Å². The van der Waals surface area contributed by atoms with Crippen molar-refractivity contribution >= 4 is 15.9 Å². The minimum Gasteiger partial charge on any atom is -0.386 e. The van der Waals surface area contributed by atoms with Crippen molar-refractivity contribution in [1.29, 1.82) is 0 Å². The molecule has 5 heteroatoms. The van der Waals surface area contributed by atoms with E-state index >= 15 is 0 Å². The average molecular weight is 325 g/mol. The maximum absolute atomic E-state index is 13.4. The Morgan fingerprint density at radius 2 is 2.26 bits per heavy atom. The molecule has 3 nitrogen and oxygen atoms in total. The quantitative estimate of drug-likeness (QED) is 0.936. The highest BCUT2D eigenvalue weighted by Crippen LogP contribution is 2.37. The van der Waals surface area contributed by atoms with Crippen LogP contribution < -0.4 is 0 Å². The molecule has 0 amide bonds. The lowest BCUT2D eigenvalue weighted by Gasteiger charge is -2.14. The van der Waals surface area contributed by atoms with Crippen LogP contribution in [-0.2, 0) is 6.42 Å². The zero-order valence-electron chi connectivity index (χ0n) is 10.3. The van der Waals surface area contributed by atoms with Gasteiger partial charge < -0.3 is 9.67 Å². The molecule has 0 bridgehead atoms. The third kappa shape index (κ3) is 2.58. The summed E-state index contributed by atoms with van der Waals surface area (Å²) in [4.78, 5) is 4.10. The zero-order chi connectivity index (χ0) is 13.4. The summed E-state index contributed by atoms with van der Waals surface area (Å²) < 4.78 is 15.9. The molecule has 1 fully saturated rings. The number of rotatable bonds is 4. The standard InChI is InChI=1S/C14H14BrFN2O/c15-14-9(2-1-3-11(14)16)6-13(19)12-7-17-8-18(12)10-4-5-10/h1-3,7-8,10,13,19H,4-6H2. The maximum Gasteiger partial charge on any atom is 0.137 e. The van der Waals surface area contributed by atoms with Crippen molar-refractivity contribution in [3.8, 4) is 0 Å². The highest BCUT2D eigenvalue weighted by molar-refractivity contribution is 9.10. The third-order valence-electron chi connectivity index (χ3n) is 3.42. The molecule has 1 atom stereocenters. The van der Waals surface area contributed by atoms with E-state index in [0.717, 1.165) is 24.1 Å². The van der Waals surface area contributed by atoms with Crippen molar-refractivity contribution in [2.24, 2.45) is 0 Å². The molecule has 0 saturated heterocycles. The third-order valence-corrected chi connectivity index (χ3v) is 4.31. The van der Waals surface area contributed by atoms with Gasteiger partial charge in [0.25, 0.3) is 0 Å². The second-order valence-electron chi connectivity index (χ2n) is 4.89. The van der Waals surface area contributed by atoms with Crippen LogP contribution in [0.3, 0.4) is 0 Å². The molecular weight excluding hydrogens is 311 g/mol. The van der Waals surface area contributed by atoms with Crippen LogP contribution in [0.25, 0.3) is 0 Å². The van der Waals surface area contributed by atoms with E-state index in [1.165, 1.54) is 6.07 Å². The average Bonchev–Trinajstić information content (AvgIpc) is 3.12. The molecule has 1 aromatic heterocycles. The first-order valence-electron chi connectivity index (χ1n) is 6.29. The number of hydrogen-bond donors (Lipinski definition) is 1. The molecule has 0 aliphatic heterocycles. The normalized spacial score (nSPS) is 16.6. The second-order valence-corrected chi connectivity index (χ2v) is 5.68. The Bertz CT molecular complexity index is 595. The largest absolute Gasteiger partial charge is 0.386 e. The monoisotopic (exact) mass is 324 g/mol. The zero-order valence-corrected chi connectivity index (χ0v) is 11.8. The summed E-state index contributed by atoms with van der Waals surface area (Å²) in [5, 5.41) is 10.3. The van der Waals surface area contributed by atoms with Crippen LogP contribution in [0.15, 0.2) is 35.2 Å². The number of imidazole rings is 1. The van der Waals surface area contributed by atoms with E-state index in [1.54, 1.807) is 18.6 Å². The molecule has 100 valence electrons. The van der Waals surface area contributed by atoms with Crippen LogP contribution in [0.1, 0.15) is 36.2 Å². The van der Waals surface area contributed by atoms with Gasteiger partial charge in [-0.2, -0.15) is 0 Å². The first-order chi connectivity index (χ1) is 9.16. The van der Waals surface area contributed by atoms with E-state index in [0.29, 0.717) is 16.9 Å². The molecule has 1 heterocycles. The predicted molar refractivity (Wildman–Crippen MR) is 73.3 cm³/mol. The van der Waals surface area contributed by atoms with Gasteiger partial charge in [0.2, 0.25) is 0 Å². The number of aliphatic hydroxyl groups excluding tert-OH is 1. The Labute approximate surface area is 119 Å². The molecule has 1 aliphatic rings. The van der Waals surface area contributed by atoms with Gasteiger partial charge in [0, 0.05) is 12.5 Å². The van der Waals surface area contributed by atoms with Crippen molar-refractivity contribution in [2.45, 2.75) is 31.4 Å². The molecule has 1 aliphatic carbocycles. The fraction of sp³-hybridized carbons (Fsp3) is 0.357. The van der Waals surface area contributed by atoms with E-state index in [1.807, 2.05) is 10.6 Å². The van der Waals surface area contributed by atoms with Crippen molar-refractivity contribution in [3.05, 3.63) is 52.3 Å². The van der Waals surface area contributed by atoms with E-state index < -0.39 is 6.10 Å². The Morgan fingerprint density at radius 1 is 1.47 bits per heavy atom. The lowest BCUT2D eigenvalue weighted by Crippen LogP contribution is -2.09. The highest BCUT2D eigenvalue weighted by Gasteiger charge is 2.27. The van der Waals surface area contributed by atoms with E-state index in [-0.39, 0.29) is 5.82 Å². The maximum atomic E-state index is 13.4. The smallest absolute Gasteiger partial charge is 0.137 e. The van der Waals surface area contributed by atoms with Crippen LogP contribution in [0.5, 0.6) is 0 Å². The van der Waals surface area contributed by atoms with Crippen molar-refractivity contribution in [3.63, 3.8) is 0 Å². The summed E-state index contributed by atoms with van der Waals surface area (Å²) in [6, 6.07) is 5.34. The number of halogens is 2. The van der Waals surface area contributed by atoms with Gasteiger partial charge in [-0.1, -0.05) is 12.1 Å². The molecular formula is C14H14BrFN2O. The van der Waals surface area contributed by atoms with E-state index in [9.17, 15) is 9.50 Å². The van der Waals surface area contributed by atoms with Crippen LogP contribution in [0, 0.1) is 5.82 Å². The Hall–Kier alpha value is -1.20. The molecule has 1 saturated carbocycles. The van der Waals surface area contributed by atoms with E-state index in [2.05, 4.69) is 20.9 Å². The Kier molecular flexibility index (Phi) is 3.41. The molecule has 1 N–H and O–H groups in total. The minimum absolute atomic E-state index is 0.305. The number of hydrogen-bond acceptors (Lipinski definition) is 2. The molecule has 2 aromatic rings. The summed E-state index contributed by atoms with van der Waals surface area (Å²) in [6.07, 6.45) is 5.43. The summed E-state index contributed by atoms with van der Waals surface area (Å²) >= 11 is 3.22. The van der Waals surface area contributed by atoms with Gasteiger partial charge in [0.05, 0.1) is 28.8 Å². The Balaban J connectivity index is 1.82. The van der Waals surface area contributed by atoms with Gasteiger partial charge in [0.15, 0.2) is 0 Å².